The van der Waals surface area contributed by atoms with E-state index in [1.165, 1.54) is 12.1 Å². The van der Waals surface area contributed by atoms with Gasteiger partial charge in [-0.3, -0.25) is 0 Å². The molecule has 6 nitrogen and oxygen atoms in total. The number of hydrogen-bond acceptors (Lipinski definition) is 5. The second-order valence-electron chi connectivity index (χ2n) is 3.76. The van der Waals surface area contributed by atoms with Crippen molar-refractivity contribution in [1.29, 1.82) is 0 Å². The van der Waals surface area contributed by atoms with Crippen LogP contribution in [0.4, 0.5) is 5.69 Å². The summed E-state index contributed by atoms with van der Waals surface area (Å²) in [6.07, 6.45) is -0.0621. The average Bonchev–Trinajstić information content (AvgIpc) is 2.34. The zero-order chi connectivity index (χ0) is 13.6. The SMILES string of the molecule is COCC(CNc1ccc(S(N)(=O)=O)cc1)OC. The topological polar surface area (TPSA) is 90.6 Å². The Kier molecular flexibility index (Phi) is 5.54. The predicted molar refractivity (Wildman–Crippen MR) is 69.0 cm³/mol. The molecule has 1 aromatic carbocycles. The normalized spacial score (nSPS) is 13.3. The van der Waals surface area contributed by atoms with Gasteiger partial charge in [0.2, 0.25) is 10.0 Å². The number of primary sulfonamides is 1. The minimum absolute atomic E-state index is 0.0621. The van der Waals surface area contributed by atoms with Crippen molar-refractivity contribution in [2.75, 3.05) is 32.7 Å². The summed E-state index contributed by atoms with van der Waals surface area (Å²) in [4.78, 5) is 0.0910. The van der Waals surface area contributed by atoms with Crippen LogP contribution in [0.2, 0.25) is 0 Å². The van der Waals surface area contributed by atoms with Crippen molar-refractivity contribution in [3.8, 4) is 0 Å². The van der Waals surface area contributed by atoms with Crippen LogP contribution in [0.1, 0.15) is 0 Å². The van der Waals surface area contributed by atoms with E-state index in [0.29, 0.717) is 13.2 Å². The number of methoxy groups -OCH3 is 2. The van der Waals surface area contributed by atoms with Crippen molar-refractivity contribution < 1.29 is 17.9 Å². The van der Waals surface area contributed by atoms with Crippen molar-refractivity contribution in [2.45, 2.75) is 11.0 Å². The van der Waals surface area contributed by atoms with Gasteiger partial charge in [0.25, 0.3) is 0 Å². The maximum atomic E-state index is 11.1. The number of sulfonamides is 1. The van der Waals surface area contributed by atoms with Crippen LogP contribution in [0.15, 0.2) is 29.2 Å². The van der Waals surface area contributed by atoms with Crippen molar-refractivity contribution in [3.05, 3.63) is 24.3 Å². The standard InChI is InChI=1S/C11H18N2O4S/c1-16-8-10(17-2)7-13-9-3-5-11(6-4-9)18(12,14)15/h3-6,10,13H,7-8H2,1-2H3,(H2,12,14,15). The van der Waals surface area contributed by atoms with Crippen LogP contribution in [0.3, 0.4) is 0 Å². The third kappa shape index (κ3) is 4.61. The zero-order valence-corrected chi connectivity index (χ0v) is 11.2. The van der Waals surface area contributed by atoms with Gasteiger partial charge < -0.3 is 14.8 Å². The Hall–Kier alpha value is -1.15. The highest BCUT2D eigenvalue weighted by Gasteiger charge is 2.08. The first-order chi connectivity index (χ1) is 8.47. The maximum absolute atomic E-state index is 11.1. The minimum atomic E-state index is -3.64. The van der Waals surface area contributed by atoms with Crippen molar-refractivity contribution >= 4 is 15.7 Å². The lowest BCUT2D eigenvalue weighted by Gasteiger charge is -2.15. The average molecular weight is 274 g/mol. The minimum Gasteiger partial charge on any atom is -0.382 e. The molecule has 0 bridgehead atoms. The van der Waals surface area contributed by atoms with E-state index in [-0.39, 0.29) is 11.0 Å². The monoisotopic (exact) mass is 274 g/mol. The van der Waals surface area contributed by atoms with E-state index >= 15 is 0 Å². The summed E-state index contributed by atoms with van der Waals surface area (Å²) in [6.45, 7) is 1.05. The van der Waals surface area contributed by atoms with E-state index < -0.39 is 10.0 Å². The summed E-state index contributed by atoms with van der Waals surface area (Å²) in [5, 5.41) is 8.12. The molecule has 0 aromatic heterocycles. The number of nitrogens with one attached hydrogen (secondary N) is 1. The molecule has 18 heavy (non-hydrogen) atoms. The Labute approximate surface area is 107 Å². The molecule has 0 fully saturated rings. The largest absolute Gasteiger partial charge is 0.382 e. The highest BCUT2D eigenvalue weighted by Crippen LogP contribution is 2.12. The van der Waals surface area contributed by atoms with Crippen molar-refractivity contribution in [1.82, 2.24) is 0 Å². The van der Waals surface area contributed by atoms with Crippen LogP contribution in [-0.2, 0) is 19.5 Å². The first kappa shape index (κ1) is 14.9. The molecule has 0 heterocycles. The smallest absolute Gasteiger partial charge is 0.238 e. The fraction of sp³-hybridized carbons (Fsp3) is 0.455. The molecule has 0 aliphatic carbocycles. The van der Waals surface area contributed by atoms with Crippen molar-refractivity contribution in [3.63, 3.8) is 0 Å². The fourth-order valence-corrected chi connectivity index (χ4v) is 1.91. The van der Waals surface area contributed by atoms with E-state index in [1.54, 1.807) is 26.4 Å². The number of benzene rings is 1. The molecular formula is C11H18N2O4S. The highest BCUT2D eigenvalue weighted by molar-refractivity contribution is 7.89. The second kappa shape index (κ2) is 6.69. The summed E-state index contributed by atoms with van der Waals surface area (Å²) >= 11 is 0. The van der Waals surface area contributed by atoms with Crippen LogP contribution in [0.5, 0.6) is 0 Å². The van der Waals surface area contributed by atoms with Gasteiger partial charge in [0.05, 0.1) is 17.6 Å². The lowest BCUT2D eigenvalue weighted by Crippen LogP contribution is -2.26. The molecule has 102 valence electrons. The Morgan fingerprint density at radius 1 is 1.28 bits per heavy atom. The third-order valence-corrected chi connectivity index (χ3v) is 3.33. The number of hydrogen-bond donors (Lipinski definition) is 2. The van der Waals surface area contributed by atoms with E-state index in [2.05, 4.69) is 5.32 Å². The molecule has 1 aromatic rings. The first-order valence-electron chi connectivity index (χ1n) is 5.36. The number of anilines is 1. The lowest BCUT2D eigenvalue weighted by atomic mass is 10.3. The molecule has 1 atom stereocenters. The van der Waals surface area contributed by atoms with Crippen LogP contribution >= 0.6 is 0 Å². The molecule has 0 radical (unpaired) electrons. The van der Waals surface area contributed by atoms with Gasteiger partial charge in [0, 0.05) is 26.5 Å². The fourth-order valence-electron chi connectivity index (χ4n) is 1.39. The van der Waals surface area contributed by atoms with E-state index in [4.69, 9.17) is 14.6 Å². The van der Waals surface area contributed by atoms with Gasteiger partial charge in [-0.1, -0.05) is 0 Å². The summed E-state index contributed by atoms with van der Waals surface area (Å²) in [5.74, 6) is 0. The molecule has 1 rings (SSSR count). The Balaban J connectivity index is 2.59. The van der Waals surface area contributed by atoms with Gasteiger partial charge in [-0.2, -0.15) is 0 Å². The summed E-state index contributed by atoms with van der Waals surface area (Å²) < 4.78 is 32.3. The number of nitrogens with two attached hydrogens (primary N) is 1. The molecule has 7 heteroatoms. The van der Waals surface area contributed by atoms with Gasteiger partial charge in [-0.25, -0.2) is 13.6 Å². The van der Waals surface area contributed by atoms with E-state index in [0.717, 1.165) is 5.69 Å². The van der Waals surface area contributed by atoms with Gasteiger partial charge in [0.1, 0.15) is 0 Å². The van der Waals surface area contributed by atoms with Gasteiger partial charge in [0.15, 0.2) is 0 Å². The Morgan fingerprint density at radius 3 is 2.33 bits per heavy atom. The first-order valence-corrected chi connectivity index (χ1v) is 6.90. The lowest BCUT2D eigenvalue weighted by molar-refractivity contribution is 0.0365. The van der Waals surface area contributed by atoms with Crippen LogP contribution in [-0.4, -0.2) is 41.9 Å². The third-order valence-electron chi connectivity index (χ3n) is 2.40. The van der Waals surface area contributed by atoms with Crippen LogP contribution in [0.25, 0.3) is 0 Å². The molecule has 1 unspecified atom stereocenters. The van der Waals surface area contributed by atoms with Gasteiger partial charge in [-0.05, 0) is 24.3 Å². The molecule has 0 spiro atoms. The maximum Gasteiger partial charge on any atom is 0.238 e. The molecule has 0 amide bonds. The van der Waals surface area contributed by atoms with Crippen LogP contribution in [0, 0.1) is 0 Å². The molecule has 0 saturated carbocycles. The number of ether oxygens (including phenoxy) is 2. The zero-order valence-electron chi connectivity index (χ0n) is 10.4. The summed E-state index contributed by atoms with van der Waals surface area (Å²) in [6, 6.07) is 6.21. The molecular weight excluding hydrogens is 256 g/mol. The Bertz CT molecular complexity index is 458. The molecule has 0 aliphatic heterocycles. The van der Waals surface area contributed by atoms with Gasteiger partial charge in [-0.15, -0.1) is 0 Å². The summed E-state index contributed by atoms with van der Waals surface area (Å²) in [5.41, 5.74) is 0.792. The second-order valence-corrected chi connectivity index (χ2v) is 5.32. The quantitative estimate of drug-likeness (QED) is 0.751. The van der Waals surface area contributed by atoms with Gasteiger partial charge >= 0.3 is 0 Å². The molecule has 0 aliphatic rings. The van der Waals surface area contributed by atoms with E-state index in [9.17, 15) is 8.42 Å². The Morgan fingerprint density at radius 2 is 1.89 bits per heavy atom. The van der Waals surface area contributed by atoms with Crippen LogP contribution < -0.4 is 10.5 Å². The van der Waals surface area contributed by atoms with E-state index in [1.807, 2.05) is 0 Å². The molecule has 3 N–H and O–H groups in total. The summed E-state index contributed by atoms with van der Waals surface area (Å²) in [7, 11) is -0.426. The van der Waals surface area contributed by atoms with Crippen molar-refractivity contribution in [2.24, 2.45) is 5.14 Å². The predicted octanol–water partition coefficient (Wildman–Crippen LogP) is 0.407. The molecule has 0 saturated heterocycles. The number of rotatable bonds is 7. The highest BCUT2D eigenvalue weighted by atomic mass is 32.2.